The fraction of sp³-hybridized carbons (Fsp3) is 1.00. The van der Waals surface area contributed by atoms with Crippen LogP contribution in [0.25, 0.3) is 0 Å². The topological polar surface area (TPSA) is 26.0 Å². The maximum absolute atomic E-state index is 11.7. The summed E-state index contributed by atoms with van der Waals surface area (Å²) in [4.78, 5) is 0. The summed E-state index contributed by atoms with van der Waals surface area (Å²) in [6.07, 6.45) is -0.813. The number of rotatable bonds is 1. The van der Waals surface area contributed by atoms with Gasteiger partial charge in [-0.3, -0.25) is 0 Å². The number of nitrogens with two attached hydrogens (primary N) is 1. The highest BCUT2D eigenvalue weighted by atomic mass is 35.5. The SMILES string of the molecule is Cl.N[C@@H]1CC[C@H]1C(F)F. The Kier molecular flexibility index (Phi) is 3.36. The lowest BCUT2D eigenvalue weighted by Crippen LogP contribution is -2.43. The Labute approximate surface area is 59.0 Å². The molecule has 0 bridgehead atoms. The lowest BCUT2D eigenvalue weighted by atomic mass is 9.81. The molecule has 9 heavy (non-hydrogen) atoms. The minimum Gasteiger partial charge on any atom is -0.327 e. The van der Waals surface area contributed by atoms with E-state index in [2.05, 4.69) is 0 Å². The molecular weight excluding hydrogens is 148 g/mol. The first-order chi connectivity index (χ1) is 3.72. The van der Waals surface area contributed by atoms with E-state index in [0.29, 0.717) is 6.42 Å². The van der Waals surface area contributed by atoms with Gasteiger partial charge in [0, 0.05) is 12.0 Å². The Hall–Kier alpha value is 0.110. The molecule has 0 amide bonds. The van der Waals surface area contributed by atoms with Crippen molar-refractivity contribution in [1.82, 2.24) is 0 Å². The molecule has 1 fully saturated rings. The van der Waals surface area contributed by atoms with Crippen LogP contribution in [0.4, 0.5) is 8.78 Å². The third kappa shape index (κ3) is 1.76. The number of hydrogen-bond acceptors (Lipinski definition) is 1. The van der Waals surface area contributed by atoms with Crippen LogP contribution in [0.15, 0.2) is 0 Å². The molecule has 0 heterocycles. The van der Waals surface area contributed by atoms with E-state index in [-0.39, 0.29) is 18.4 Å². The molecule has 0 spiro atoms. The van der Waals surface area contributed by atoms with Crippen molar-refractivity contribution in [2.24, 2.45) is 11.7 Å². The van der Waals surface area contributed by atoms with Crippen molar-refractivity contribution in [3.8, 4) is 0 Å². The Morgan fingerprint density at radius 3 is 1.89 bits per heavy atom. The Balaban J connectivity index is 0.000000640. The second kappa shape index (κ2) is 3.32. The maximum atomic E-state index is 11.7. The molecule has 4 heteroatoms. The first-order valence-corrected chi connectivity index (χ1v) is 2.75. The molecule has 0 aromatic carbocycles. The molecule has 1 nitrogen and oxygen atoms in total. The van der Waals surface area contributed by atoms with E-state index in [1.165, 1.54) is 0 Å². The van der Waals surface area contributed by atoms with Crippen molar-refractivity contribution in [3.05, 3.63) is 0 Å². The van der Waals surface area contributed by atoms with E-state index < -0.39 is 12.3 Å². The maximum Gasteiger partial charge on any atom is 0.242 e. The summed E-state index contributed by atoms with van der Waals surface area (Å²) >= 11 is 0. The van der Waals surface area contributed by atoms with Gasteiger partial charge in [0.25, 0.3) is 0 Å². The minimum absolute atomic E-state index is 0. The van der Waals surface area contributed by atoms with E-state index in [1.807, 2.05) is 0 Å². The fourth-order valence-electron chi connectivity index (χ4n) is 0.864. The zero-order valence-electron chi connectivity index (χ0n) is 4.89. The zero-order valence-corrected chi connectivity index (χ0v) is 5.70. The largest absolute Gasteiger partial charge is 0.327 e. The number of halogens is 3. The van der Waals surface area contributed by atoms with Crippen molar-refractivity contribution < 1.29 is 8.78 Å². The monoisotopic (exact) mass is 157 g/mol. The molecule has 2 N–H and O–H groups in total. The lowest BCUT2D eigenvalue weighted by Gasteiger charge is -2.32. The molecule has 0 aromatic heterocycles. The molecule has 0 radical (unpaired) electrons. The van der Waals surface area contributed by atoms with Crippen LogP contribution >= 0.6 is 12.4 Å². The number of hydrogen-bond donors (Lipinski definition) is 1. The molecular formula is C5H10ClF2N. The van der Waals surface area contributed by atoms with Crippen molar-refractivity contribution in [2.45, 2.75) is 25.3 Å². The summed E-state index contributed by atoms with van der Waals surface area (Å²) in [5.74, 6) is -0.505. The van der Waals surface area contributed by atoms with Gasteiger partial charge < -0.3 is 5.73 Å². The van der Waals surface area contributed by atoms with Crippen molar-refractivity contribution in [2.75, 3.05) is 0 Å². The summed E-state index contributed by atoms with van der Waals surface area (Å²) in [5, 5.41) is 0. The molecule has 1 rings (SSSR count). The molecule has 1 aliphatic rings. The summed E-state index contributed by atoms with van der Waals surface area (Å²) in [6, 6.07) is -0.227. The second-order valence-electron chi connectivity index (χ2n) is 2.24. The predicted molar refractivity (Wildman–Crippen MR) is 34.0 cm³/mol. The lowest BCUT2D eigenvalue weighted by molar-refractivity contribution is 0.0193. The smallest absolute Gasteiger partial charge is 0.242 e. The molecule has 0 aromatic rings. The van der Waals surface area contributed by atoms with E-state index >= 15 is 0 Å². The molecule has 2 atom stereocenters. The van der Waals surface area contributed by atoms with Crippen molar-refractivity contribution in [3.63, 3.8) is 0 Å². The van der Waals surface area contributed by atoms with Crippen LogP contribution < -0.4 is 5.73 Å². The van der Waals surface area contributed by atoms with Crippen LogP contribution in [0, 0.1) is 5.92 Å². The van der Waals surface area contributed by atoms with Crippen LogP contribution in [0.3, 0.4) is 0 Å². The van der Waals surface area contributed by atoms with E-state index in [4.69, 9.17) is 5.73 Å². The summed E-state index contributed by atoms with van der Waals surface area (Å²) in [7, 11) is 0. The average molecular weight is 158 g/mol. The molecule has 0 saturated heterocycles. The normalized spacial score (nSPS) is 33.3. The Morgan fingerprint density at radius 1 is 1.33 bits per heavy atom. The van der Waals surface area contributed by atoms with Gasteiger partial charge in [-0.2, -0.15) is 0 Å². The third-order valence-electron chi connectivity index (χ3n) is 1.71. The zero-order chi connectivity index (χ0) is 6.15. The Bertz CT molecular complexity index is 84.3. The predicted octanol–water partition coefficient (Wildman–Crippen LogP) is 1.41. The first-order valence-electron chi connectivity index (χ1n) is 2.75. The summed E-state index contributed by atoms with van der Waals surface area (Å²) in [5.41, 5.74) is 5.24. The Morgan fingerprint density at radius 2 is 1.89 bits per heavy atom. The highest BCUT2D eigenvalue weighted by molar-refractivity contribution is 5.85. The highest BCUT2D eigenvalue weighted by Crippen LogP contribution is 2.30. The highest BCUT2D eigenvalue weighted by Gasteiger charge is 2.34. The van der Waals surface area contributed by atoms with E-state index in [1.54, 1.807) is 0 Å². The fourth-order valence-corrected chi connectivity index (χ4v) is 0.864. The van der Waals surface area contributed by atoms with E-state index in [0.717, 1.165) is 6.42 Å². The second-order valence-corrected chi connectivity index (χ2v) is 2.24. The molecule has 1 aliphatic carbocycles. The van der Waals surface area contributed by atoms with Gasteiger partial charge in [0.05, 0.1) is 0 Å². The molecule has 1 saturated carbocycles. The van der Waals surface area contributed by atoms with Gasteiger partial charge in [-0.05, 0) is 12.8 Å². The van der Waals surface area contributed by atoms with Crippen molar-refractivity contribution >= 4 is 12.4 Å². The summed E-state index contributed by atoms with van der Waals surface area (Å²) < 4.78 is 23.3. The van der Waals surface area contributed by atoms with Gasteiger partial charge in [-0.25, -0.2) is 8.78 Å². The molecule has 56 valence electrons. The van der Waals surface area contributed by atoms with Crippen LogP contribution in [-0.2, 0) is 0 Å². The van der Waals surface area contributed by atoms with Gasteiger partial charge in [-0.15, -0.1) is 12.4 Å². The van der Waals surface area contributed by atoms with Gasteiger partial charge >= 0.3 is 0 Å². The van der Waals surface area contributed by atoms with E-state index in [9.17, 15) is 8.78 Å². The van der Waals surface area contributed by atoms with Crippen molar-refractivity contribution in [1.29, 1.82) is 0 Å². The summed E-state index contributed by atoms with van der Waals surface area (Å²) in [6.45, 7) is 0. The van der Waals surface area contributed by atoms with Gasteiger partial charge in [0.15, 0.2) is 0 Å². The average Bonchev–Trinajstić information content (AvgIpc) is 1.61. The van der Waals surface area contributed by atoms with Gasteiger partial charge in [0.1, 0.15) is 0 Å². The van der Waals surface area contributed by atoms with Crippen LogP contribution in [0.5, 0.6) is 0 Å². The van der Waals surface area contributed by atoms with Gasteiger partial charge in [0.2, 0.25) is 6.43 Å². The molecule has 0 aliphatic heterocycles. The first kappa shape index (κ1) is 9.11. The third-order valence-corrected chi connectivity index (χ3v) is 1.71. The number of alkyl halides is 2. The molecule has 0 unspecified atom stereocenters. The van der Waals surface area contributed by atoms with Crippen LogP contribution in [0.1, 0.15) is 12.8 Å². The minimum atomic E-state index is -2.20. The van der Waals surface area contributed by atoms with Gasteiger partial charge in [-0.1, -0.05) is 0 Å². The van der Waals surface area contributed by atoms with Crippen LogP contribution in [-0.4, -0.2) is 12.5 Å². The quantitative estimate of drug-likeness (QED) is 0.612. The van der Waals surface area contributed by atoms with Crippen LogP contribution in [0.2, 0.25) is 0 Å². The standard InChI is InChI=1S/C5H9F2N.ClH/c6-5(7)3-1-2-4(3)8;/h3-5H,1-2,8H2;1H/t3-,4-;/m1./s1.